The van der Waals surface area contributed by atoms with Gasteiger partial charge in [-0.05, 0) is 0 Å². The van der Waals surface area contributed by atoms with Gasteiger partial charge in [0.1, 0.15) is 12.5 Å². The fourth-order valence-electron chi connectivity index (χ4n) is 0.445. The molecule has 0 saturated heterocycles. The van der Waals surface area contributed by atoms with E-state index in [1.807, 2.05) is 0 Å². The van der Waals surface area contributed by atoms with Crippen LogP contribution in [-0.2, 0) is 0 Å². The molecular weight excluding hydrogens is 138 g/mol. The molecule has 0 aliphatic heterocycles. The quantitative estimate of drug-likeness (QED) is 0.442. The molecule has 6 nitrogen and oxygen atoms in total. The Labute approximate surface area is 55.3 Å². The van der Waals surface area contributed by atoms with Crippen LogP contribution >= 0.6 is 0 Å². The van der Waals surface area contributed by atoms with Gasteiger partial charge < -0.3 is 5.11 Å². The normalized spacial score (nSPS) is 9.20. The smallest absolute Gasteiger partial charge is 0.348 e. The van der Waals surface area contributed by atoms with Crippen molar-refractivity contribution in [1.82, 2.24) is 9.97 Å². The standard InChI is InChI=1S/C4H3N3O3/c8-4-3(7(9)10)1-5-2-6-4/h1-2H,(H,5,6,8). The summed E-state index contributed by atoms with van der Waals surface area (Å²) in [6.45, 7) is 0. The summed E-state index contributed by atoms with van der Waals surface area (Å²) in [6, 6.07) is 0. The molecule has 0 unspecified atom stereocenters. The molecular formula is C4H3N3O3. The largest absolute Gasteiger partial charge is 0.488 e. The van der Waals surface area contributed by atoms with Crippen LogP contribution in [0, 0.1) is 10.1 Å². The average molecular weight is 141 g/mol. The van der Waals surface area contributed by atoms with Crippen LogP contribution < -0.4 is 0 Å². The zero-order valence-electron chi connectivity index (χ0n) is 4.76. The summed E-state index contributed by atoms with van der Waals surface area (Å²) in [4.78, 5) is 15.8. The first kappa shape index (κ1) is 6.40. The number of aromatic hydroxyl groups is 1. The molecule has 1 N–H and O–H groups in total. The minimum absolute atomic E-state index is 0.484. The molecule has 0 atom stereocenters. The molecule has 10 heavy (non-hydrogen) atoms. The average Bonchev–Trinajstić information content (AvgIpc) is 1.88. The Bertz CT molecular complexity index is 262. The van der Waals surface area contributed by atoms with Gasteiger partial charge in [0.05, 0.1) is 4.92 Å². The van der Waals surface area contributed by atoms with Crippen molar-refractivity contribution >= 4 is 5.69 Å². The number of nitro groups is 1. The fourth-order valence-corrected chi connectivity index (χ4v) is 0.445. The zero-order chi connectivity index (χ0) is 7.56. The summed E-state index contributed by atoms with van der Waals surface area (Å²) in [5, 5.41) is 18.7. The predicted molar refractivity (Wildman–Crippen MR) is 30.4 cm³/mol. The van der Waals surface area contributed by atoms with Crippen LogP contribution in [-0.4, -0.2) is 20.0 Å². The van der Waals surface area contributed by atoms with Gasteiger partial charge in [0.25, 0.3) is 5.88 Å². The third-order valence-electron chi connectivity index (χ3n) is 0.869. The van der Waals surface area contributed by atoms with Crippen LogP contribution in [0.5, 0.6) is 5.88 Å². The van der Waals surface area contributed by atoms with E-state index in [1.165, 1.54) is 0 Å². The first-order chi connectivity index (χ1) is 4.72. The lowest BCUT2D eigenvalue weighted by molar-refractivity contribution is -0.386. The number of hydrogen-bond donors (Lipinski definition) is 1. The first-order valence-electron chi connectivity index (χ1n) is 2.35. The van der Waals surface area contributed by atoms with E-state index in [2.05, 4.69) is 9.97 Å². The summed E-state index contributed by atoms with van der Waals surface area (Å²) < 4.78 is 0. The second-order valence-electron chi connectivity index (χ2n) is 1.49. The summed E-state index contributed by atoms with van der Waals surface area (Å²) in [5.74, 6) is -0.611. The van der Waals surface area contributed by atoms with Gasteiger partial charge in [0.15, 0.2) is 0 Å². The Kier molecular flexibility index (Phi) is 1.44. The van der Waals surface area contributed by atoms with E-state index in [-0.39, 0.29) is 0 Å². The van der Waals surface area contributed by atoms with Crippen LogP contribution in [0.15, 0.2) is 12.5 Å². The third kappa shape index (κ3) is 0.993. The number of nitrogens with zero attached hydrogens (tertiary/aromatic N) is 3. The second-order valence-corrected chi connectivity index (χ2v) is 1.49. The molecule has 6 heteroatoms. The SMILES string of the molecule is O=[N+]([O-])c1cncnc1O. The maximum absolute atomic E-state index is 9.99. The summed E-state index contributed by atoms with van der Waals surface area (Å²) in [5.41, 5.74) is -0.484. The van der Waals surface area contributed by atoms with Gasteiger partial charge in [-0.2, -0.15) is 4.98 Å². The fraction of sp³-hybridized carbons (Fsp3) is 0. The highest BCUT2D eigenvalue weighted by atomic mass is 16.6. The lowest BCUT2D eigenvalue weighted by atomic mass is 10.5. The molecule has 0 radical (unpaired) electrons. The van der Waals surface area contributed by atoms with Crippen molar-refractivity contribution in [2.45, 2.75) is 0 Å². The summed E-state index contributed by atoms with van der Waals surface area (Å²) in [6.07, 6.45) is 1.96. The highest BCUT2D eigenvalue weighted by molar-refractivity contribution is 5.35. The maximum atomic E-state index is 9.99. The molecule has 0 aliphatic rings. The van der Waals surface area contributed by atoms with E-state index in [1.54, 1.807) is 0 Å². The van der Waals surface area contributed by atoms with Crippen molar-refractivity contribution in [2.24, 2.45) is 0 Å². The summed E-state index contributed by atoms with van der Waals surface area (Å²) in [7, 11) is 0. The van der Waals surface area contributed by atoms with E-state index >= 15 is 0 Å². The molecule has 0 aliphatic carbocycles. The van der Waals surface area contributed by atoms with E-state index in [4.69, 9.17) is 5.11 Å². The van der Waals surface area contributed by atoms with Crippen molar-refractivity contribution < 1.29 is 10.0 Å². The maximum Gasteiger partial charge on any atom is 0.348 e. The van der Waals surface area contributed by atoms with E-state index in [0.29, 0.717) is 0 Å². The minimum Gasteiger partial charge on any atom is -0.488 e. The van der Waals surface area contributed by atoms with E-state index < -0.39 is 16.5 Å². The van der Waals surface area contributed by atoms with Gasteiger partial charge in [-0.1, -0.05) is 0 Å². The Balaban J connectivity index is 3.15. The highest BCUT2D eigenvalue weighted by Crippen LogP contribution is 2.18. The Hall–Kier alpha value is -1.72. The van der Waals surface area contributed by atoms with Crippen LogP contribution in [0.3, 0.4) is 0 Å². The van der Waals surface area contributed by atoms with Crippen LogP contribution in [0.25, 0.3) is 0 Å². The van der Waals surface area contributed by atoms with Crippen molar-refractivity contribution in [3.8, 4) is 5.88 Å². The Morgan fingerprint density at radius 2 is 2.40 bits per heavy atom. The van der Waals surface area contributed by atoms with Gasteiger partial charge >= 0.3 is 5.69 Å². The highest BCUT2D eigenvalue weighted by Gasteiger charge is 2.12. The second kappa shape index (κ2) is 2.26. The van der Waals surface area contributed by atoms with Gasteiger partial charge in [-0.15, -0.1) is 0 Å². The Morgan fingerprint density at radius 3 is 2.80 bits per heavy atom. The molecule has 0 amide bonds. The first-order valence-corrected chi connectivity index (χ1v) is 2.35. The lowest BCUT2D eigenvalue weighted by Crippen LogP contribution is -1.90. The van der Waals surface area contributed by atoms with Gasteiger partial charge in [-0.25, -0.2) is 4.98 Å². The minimum atomic E-state index is -0.755. The predicted octanol–water partition coefficient (Wildman–Crippen LogP) is 0.0904. The van der Waals surface area contributed by atoms with E-state index in [9.17, 15) is 10.1 Å². The number of hydrogen-bond acceptors (Lipinski definition) is 5. The number of rotatable bonds is 1. The van der Waals surface area contributed by atoms with Crippen molar-refractivity contribution in [1.29, 1.82) is 0 Å². The third-order valence-corrected chi connectivity index (χ3v) is 0.869. The van der Waals surface area contributed by atoms with Crippen molar-refractivity contribution in [3.05, 3.63) is 22.6 Å². The molecule has 0 saturated carbocycles. The van der Waals surface area contributed by atoms with Gasteiger partial charge in [-0.3, -0.25) is 10.1 Å². The van der Waals surface area contributed by atoms with Crippen molar-refractivity contribution in [2.75, 3.05) is 0 Å². The molecule has 0 spiro atoms. The van der Waals surface area contributed by atoms with E-state index in [0.717, 1.165) is 12.5 Å². The van der Waals surface area contributed by atoms with Crippen LogP contribution in [0.1, 0.15) is 0 Å². The van der Waals surface area contributed by atoms with Gasteiger partial charge in [0.2, 0.25) is 0 Å². The molecule has 1 heterocycles. The molecule has 1 aromatic rings. The zero-order valence-corrected chi connectivity index (χ0v) is 4.76. The van der Waals surface area contributed by atoms with Gasteiger partial charge in [0, 0.05) is 0 Å². The van der Waals surface area contributed by atoms with Crippen LogP contribution in [0.2, 0.25) is 0 Å². The number of aromatic nitrogens is 2. The van der Waals surface area contributed by atoms with Crippen LogP contribution in [0.4, 0.5) is 5.69 Å². The molecule has 1 aromatic heterocycles. The molecule has 52 valence electrons. The lowest BCUT2D eigenvalue weighted by Gasteiger charge is -1.89. The van der Waals surface area contributed by atoms with Crippen molar-refractivity contribution in [3.63, 3.8) is 0 Å². The molecule has 0 aromatic carbocycles. The molecule has 0 bridgehead atoms. The topological polar surface area (TPSA) is 89.2 Å². The molecule has 1 rings (SSSR count). The summed E-state index contributed by atoms with van der Waals surface area (Å²) >= 11 is 0. The monoisotopic (exact) mass is 141 g/mol. The molecule has 0 fully saturated rings. The Morgan fingerprint density at radius 1 is 1.70 bits per heavy atom.